The molecule has 0 amide bonds. The third-order valence-electron chi connectivity index (χ3n) is 3.87. The van der Waals surface area contributed by atoms with E-state index in [0.717, 1.165) is 22.7 Å². The van der Waals surface area contributed by atoms with Crippen molar-refractivity contribution in [1.29, 1.82) is 0 Å². The maximum atomic E-state index is 10.6. The van der Waals surface area contributed by atoms with Crippen LogP contribution in [0.5, 0.6) is 5.75 Å². The van der Waals surface area contributed by atoms with Gasteiger partial charge in [-0.15, -0.1) is 0 Å². The summed E-state index contributed by atoms with van der Waals surface area (Å²) < 4.78 is 7.24. The highest BCUT2D eigenvalue weighted by molar-refractivity contribution is 5.80. The molecule has 0 radical (unpaired) electrons. The lowest BCUT2D eigenvalue weighted by atomic mass is 10.3. The smallest absolute Gasteiger partial charge is 0.269 e. The number of hydrogen-bond acceptors (Lipinski definition) is 5. The van der Waals surface area contributed by atoms with Crippen molar-refractivity contribution < 1.29 is 9.66 Å². The number of hydrazone groups is 1. The quantitative estimate of drug-likeness (QED) is 0.411. The largest absolute Gasteiger partial charge is 0.497 e. The summed E-state index contributed by atoms with van der Waals surface area (Å²) in [5, 5.41) is 14.8. The molecule has 3 aromatic rings. The Hall–Kier alpha value is -3.61. The monoisotopic (exact) mass is 350 g/mol. The number of ether oxygens (including phenoxy) is 1. The molecule has 1 N–H and O–H groups in total. The van der Waals surface area contributed by atoms with E-state index in [2.05, 4.69) is 15.1 Å². The zero-order chi connectivity index (χ0) is 18.5. The van der Waals surface area contributed by atoms with E-state index >= 15 is 0 Å². The lowest BCUT2D eigenvalue weighted by molar-refractivity contribution is -0.384. The molecule has 3 rings (SSSR count). The number of nitro benzene ring substituents is 1. The summed E-state index contributed by atoms with van der Waals surface area (Å²) in [5.41, 5.74) is 6.64. The van der Waals surface area contributed by atoms with Crippen LogP contribution in [0.3, 0.4) is 0 Å². The molecule has 2 aromatic carbocycles. The first-order chi connectivity index (χ1) is 12.6. The highest BCUT2D eigenvalue weighted by Crippen LogP contribution is 2.19. The van der Waals surface area contributed by atoms with E-state index in [-0.39, 0.29) is 5.69 Å². The summed E-state index contributed by atoms with van der Waals surface area (Å²) in [7, 11) is 1.64. The molecule has 26 heavy (non-hydrogen) atoms. The lowest BCUT2D eigenvalue weighted by Crippen LogP contribution is -1.94. The van der Waals surface area contributed by atoms with Crippen LogP contribution in [0.1, 0.15) is 11.3 Å². The van der Waals surface area contributed by atoms with Crippen molar-refractivity contribution in [2.75, 3.05) is 12.5 Å². The summed E-state index contributed by atoms with van der Waals surface area (Å²) in [6.45, 7) is 2.02. The van der Waals surface area contributed by atoms with Gasteiger partial charge in [0, 0.05) is 35.3 Å². The van der Waals surface area contributed by atoms with E-state index < -0.39 is 4.92 Å². The van der Waals surface area contributed by atoms with Crippen molar-refractivity contribution in [1.82, 2.24) is 4.57 Å². The minimum absolute atomic E-state index is 0.0479. The first-order valence-corrected chi connectivity index (χ1v) is 7.94. The molecule has 0 unspecified atom stereocenters. The maximum Gasteiger partial charge on any atom is 0.269 e. The SMILES string of the molecule is COc1ccc(-n2cc(/C=N\Nc3ccc([N+](=O)[O-])cc3)cc2C)cc1. The van der Waals surface area contributed by atoms with Crippen LogP contribution in [-0.4, -0.2) is 22.8 Å². The van der Waals surface area contributed by atoms with Gasteiger partial charge in [0.25, 0.3) is 5.69 Å². The fraction of sp³-hybridized carbons (Fsp3) is 0.105. The van der Waals surface area contributed by atoms with Crippen molar-refractivity contribution in [3.05, 3.63) is 82.2 Å². The van der Waals surface area contributed by atoms with Gasteiger partial charge in [-0.1, -0.05) is 0 Å². The molecule has 0 atom stereocenters. The number of hydrogen-bond donors (Lipinski definition) is 1. The van der Waals surface area contributed by atoms with Crippen LogP contribution in [0.15, 0.2) is 65.9 Å². The second kappa shape index (κ2) is 7.52. The van der Waals surface area contributed by atoms with E-state index in [0.29, 0.717) is 5.69 Å². The zero-order valence-corrected chi connectivity index (χ0v) is 14.4. The van der Waals surface area contributed by atoms with Gasteiger partial charge < -0.3 is 9.30 Å². The molecule has 1 heterocycles. The van der Waals surface area contributed by atoms with Gasteiger partial charge in [0.15, 0.2) is 0 Å². The molecule has 0 spiro atoms. The van der Waals surface area contributed by atoms with Gasteiger partial charge in [-0.3, -0.25) is 15.5 Å². The van der Waals surface area contributed by atoms with E-state index in [1.807, 2.05) is 43.5 Å². The molecule has 132 valence electrons. The second-order valence-electron chi connectivity index (χ2n) is 5.66. The molecule has 0 fully saturated rings. The minimum Gasteiger partial charge on any atom is -0.497 e. The Morgan fingerprint density at radius 3 is 2.46 bits per heavy atom. The Kier molecular flexibility index (Phi) is 4.98. The number of nitro groups is 1. The number of aryl methyl sites for hydroxylation is 1. The van der Waals surface area contributed by atoms with E-state index in [1.165, 1.54) is 12.1 Å². The predicted molar refractivity (Wildman–Crippen MR) is 101 cm³/mol. The van der Waals surface area contributed by atoms with Gasteiger partial charge in [-0.25, -0.2) is 0 Å². The van der Waals surface area contributed by atoms with Crippen LogP contribution in [0.2, 0.25) is 0 Å². The van der Waals surface area contributed by atoms with E-state index in [4.69, 9.17) is 4.74 Å². The van der Waals surface area contributed by atoms with Crippen LogP contribution in [0.25, 0.3) is 5.69 Å². The molecule has 0 aliphatic carbocycles. The average molecular weight is 350 g/mol. The van der Waals surface area contributed by atoms with Gasteiger partial charge in [0.2, 0.25) is 0 Å². The summed E-state index contributed by atoms with van der Waals surface area (Å²) in [4.78, 5) is 10.2. The van der Waals surface area contributed by atoms with Crippen LogP contribution in [0.4, 0.5) is 11.4 Å². The fourth-order valence-corrected chi connectivity index (χ4v) is 2.53. The van der Waals surface area contributed by atoms with Crippen molar-refractivity contribution in [2.24, 2.45) is 5.10 Å². The molecule has 0 saturated carbocycles. The van der Waals surface area contributed by atoms with Gasteiger partial charge in [-0.2, -0.15) is 5.10 Å². The maximum absolute atomic E-state index is 10.6. The predicted octanol–water partition coefficient (Wildman–Crippen LogP) is 4.15. The van der Waals surface area contributed by atoms with Gasteiger partial charge in [-0.05, 0) is 49.4 Å². The van der Waals surface area contributed by atoms with Crippen molar-refractivity contribution in [3.8, 4) is 11.4 Å². The summed E-state index contributed by atoms with van der Waals surface area (Å²) >= 11 is 0. The normalized spacial score (nSPS) is 10.8. The van der Waals surface area contributed by atoms with Crippen LogP contribution >= 0.6 is 0 Å². The highest BCUT2D eigenvalue weighted by atomic mass is 16.6. The molecule has 0 saturated heterocycles. The molecule has 1 aromatic heterocycles. The number of nitrogens with one attached hydrogen (secondary N) is 1. The highest BCUT2D eigenvalue weighted by Gasteiger charge is 2.04. The van der Waals surface area contributed by atoms with Crippen molar-refractivity contribution >= 4 is 17.6 Å². The molecule has 0 aliphatic heterocycles. The first kappa shape index (κ1) is 17.2. The van der Waals surface area contributed by atoms with E-state index in [1.54, 1.807) is 25.5 Å². The summed E-state index contributed by atoms with van der Waals surface area (Å²) in [6.07, 6.45) is 3.69. The van der Waals surface area contributed by atoms with E-state index in [9.17, 15) is 10.1 Å². The zero-order valence-electron chi connectivity index (χ0n) is 14.4. The Labute approximate surface area is 150 Å². The summed E-state index contributed by atoms with van der Waals surface area (Å²) in [5.74, 6) is 0.813. The fourth-order valence-electron chi connectivity index (χ4n) is 2.53. The number of aromatic nitrogens is 1. The number of benzene rings is 2. The number of non-ortho nitro benzene ring substituents is 1. The Morgan fingerprint density at radius 1 is 1.15 bits per heavy atom. The van der Waals surface area contributed by atoms with Crippen LogP contribution in [0, 0.1) is 17.0 Å². The Bertz CT molecular complexity index is 928. The number of methoxy groups -OCH3 is 1. The molecule has 0 aliphatic rings. The van der Waals surface area contributed by atoms with Crippen LogP contribution in [-0.2, 0) is 0 Å². The molecular formula is C19H18N4O3. The molecule has 7 heteroatoms. The average Bonchev–Trinajstić information content (AvgIpc) is 3.03. The van der Waals surface area contributed by atoms with Gasteiger partial charge >= 0.3 is 0 Å². The number of nitrogens with zero attached hydrogens (tertiary/aromatic N) is 3. The Balaban J connectivity index is 1.70. The standard InChI is InChI=1S/C19H18N4O3/c1-14-11-15(13-22(14)17-7-9-19(26-2)10-8-17)12-20-21-16-3-5-18(6-4-16)23(24)25/h3-13,21H,1-2H3/b20-12-. The second-order valence-corrected chi connectivity index (χ2v) is 5.66. The third-order valence-corrected chi connectivity index (χ3v) is 3.87. The van der Waals surface area contributed by atoms with Gasteiger partial charge in [0.05, 0.1) is 23.9 Å². The topological polar surface area (TPSA) is 81.7 Å². The molecule has 0 bridgehead atoms. The number of anilines is 1. The third kappa shape index (κ3) is 3.89. The molecular weight excluding hydrogens is 332 g/mol. The Morgan fingerprint density at radius 2 is 1.85 bits per heavy atom. The first-order valence-electron chi connectivity index (χ1n) is 7.94. The van der Waals surface area contributed by atoms with Crippen molar-refractivity contribution in [3.63, 3.8) is 0 Å². The number of rotatable bonds is 6. The van der Waals surface area contributed by atoms with Crippen LogP contribution < -0.4 is 10.2 Å². The van der Waals surface area contributed by atoms with Gasteiger partial charge in [0.1, 0.15) is 5.75 Å². The summed E-state index contributed by atoms with van der Waals surface area (Å²) in [6, 6.07) is 15.9. The minimum atomic E-state index is -0.433. The lowest BCUT2D eigenvalue weighted by Gasteiger charge is -2.06. The molecule has 7 nitrogen and oxygen atoms in total. The van der Waals surface area contributed by atoms with Crippen molar-refractivity contribution in [2.45, 2.75) is 6.92 Å².